The fourth-order valence-corrected chi connectivity index (χ4v) is 2.34. The van der Waals surface area contributed by atoms with Crippen LogP contribution < -0.4 is 0 Å². The normalized spacial score (nSPS) is 16.6. The zero-order chi connectivity index (χ0) is 12.1. The molecular formula is C15H18N2. The lowest BCUT2D eigenvalue weighted by atomic mass is 9.94. The number of nitriles is 1. The topological polar surface area (TPSA) is 27.0 Å². The average molecular weight is 226 g/mol. The predicted octanol–water partition coefficient (Wildman–Crippen LogP) is 3.08. The predicted molar refractivity (Wildman–Crippen MR) is 70.3 cm³/mol. The third-order valence-electron chi connectivity index (χ3n) is 3.43. The van der Waals surface area contributed by atoms with E-state index in [1.54, 1.807) is 0 Å². The van der Waals surface area contributed by atoms with Crippen molar-refractivity contribution in [3.8, 4) is 6.07 Å². The number of likely N-dealkylation sites (tertiary alicyclic amines) is 1. The molecule has 0 bridgehead atoms. The molecule has 17 heavy (non-hydrogen) atoms. The van der Waals surface area contributed by atoms with Crippen LogP contribution in [-0.2, 0) is 0 Å². The van der Waals surface area contributed by atoms with Gasteiger partial charge in [0.25, 0.3) is 0 Å². The first-order valence-electron chi connectivity index (χ1n) is 6.25. The van der Waals surface area contributed by atoms with E-state index in [0.717, 1.165) is 43.6 Å². The SMILES string of the molecule is CCN1CCC(=C(C#N)c2ccccc2)CC1. The van der Waals surface area contributed by atoms with E-state index in [4.69, 9.17) is 0 Å². The lowest BCUT2D eigenvalue weighted by Gasteiger charge is -2.27. The van der Waals surface area contributed by atoms with Gasteiger partial charge >= 0.3 is 0 Å². The molecule has 88 valence electrons. The van der Waals surface area contributed by atoms with E-state index < -0.39 is 0 Å². The Morgan fingerprint density at radius 3 is 2.41 bits per heavy atom. The standard InChI is InChI=1S/C15H18N2/c1-2-17-10-8-14(9-11-17)15(12-16)13-6-4-3-5-7-13/h3-7H,2,8-11H2,1H3. The maximum absolute atomic E-state index is 9.33. The second-order valence-electron chi connectivity index (χ2n) is 4.39. The molecule has 0 spiro atoms. The van der Waals surface area contributed by atoms with Gasteiger partial charge in [-0.15, -0.1) is 0 Å². The van der Waals surface area contributed by atoms with E-state index in [-0.39, 0.29) is 0 Å². The quantitative estimate of drug-likeness (QED) is 0.725. The van der Waals surface area contributed by atoms with E-state index in [0.29, 0.717) is 0 Å². The minimum atomic E-state index is 0.890. The summed E-state index contributed by atoms with van der Waals surface area (Å²) in [6, 6.07) is 12.4. The zero-order valence-corrected chi connectivity index (χ0v) is 10.3. The van der Waals surface area contributed by atoms with E-state index >= 15 is 0 Å². The van der Waals surface area contributed by atoms with Crippen molar-refractivity contribution in [2.45, 2.75) is 19.8 Å². The number of allylic oxidation sites excluding steroid dienone is 1. The molecule has 0 unspecified atom stereocenters. The highest BCUT2D eigenvalue weighted by atomic mass is 15.1. The molecule has 0 radical (unpaired) electrons. The van der Waals surface area contributed by atoms with Crippen LogP contribution in [-0.4, -0.2) is 24.5 Å². The first-order valence-corrected chi connectivity index (χ1v) is 6.25. The van der Waals surface area contributed by atoms with Crippen molar-refractivity contribution in [2.75, 3.05) is 19.6 Å². The Morgan fingerprint density at radius 1 is 1.24 bits per heavy atom. The molecule has 0 atom stereocenters. The smallest absolute Gasteiger partial charge is 0.0997 e. The molecule has 2 rings (SSSR count). The molecule has 1 aromatic carbocycles. The Hall–Kier alpha value is -1.59. The van der Waals surface area contributed by atoms with Gasteiger partial charge in [0.2, 0.25) is 0 Å². The van der Waals surface area contributed by atoms with Gasteiger partial charge in [0.15, 0.2) is 0 Å². The summed E-state index contributed by atoms with van der Waals surface area (Å²) in [5, 5.41) is 9.33. The van der Waals surface area contributed by atoms with E-state index in [1.165, 1.54) is 5.57 Å². The fourth-order valence-electron chi connectivity index (χ4n) is 2.34. The Labute approximate surface area is 103 Å². The van der Waals surface area contributed by atoms with Crippen molar-refractivity contribution in [1.82, 2.24) is 4.90 Å². The van der Waals surface area contributed by atoms with Gasteiger partial charge < -0.3 is 4.90 Å². The Balaban J connectivity index is 2.22. The lowest BCUT2D eigenvalue weighted by Crippen LogP contribution is -2.30. The summed E-state index contributed by atoms with van der Waals surface area (Å²) < 4.78 is 0. The summed E-state index contributed by atoms with van der Waals surface area (Å²) in [5.41, 5.74) is 3.28. The number of hydrogen-bond acceptors (Lipinski definition) is 2. The maximum atomic E-state index is 9.33. The van der Waals surface area contributed by atoms with Crippen LogP contribution in [0.3, 0.4) is 0 Å². The lowest BCUT2D eigenvalue weighted by molar-refractivity contribution is 0.270. The number of rotatable bonds is 2. The number of benzene rings is 1. The van der Waals surface area contributed by atoms with Crippen LogP contribution in [0.2, 0.25) is 0 Å². The maximum Gasteiger partial charge on any atom is 0.0997 e. The first-order chi connectivity index (χ1) is 8.35. The summed E-state index contributed by atoms with van der Waals surface area (Å²) in [5.74, 6) is 0. The second-order valence-corrected chi connectivity index (χ2v) is 4.39. The highest BCUT2D eigenvalue weighted by Crippen LogP contribution is 2.25. The molecule has 0 N–H and O–H groups in total. The van der Waals surface area contributed by atoms with E-state index in [9.17, 15) is 5.26 Å². The Bertz CT molecular complexity index is 430. The molecule has 2 nitrogen and oxygen atoms in total. The number of hydrogen-bond donors (Lipinski definition) is 0. The van der Waals surface area contributed by atoms with Crippen LogP contribution in [0.15, 0.2) is 35.9 Å². The van der Waals surface area contributed by atoms with Crippen LogP contribution in [0.1, 0.15) is 25.3 Å². The van der Waals surface area contributed by atoms with Gasteiger partial charge in [0.1, 0.15) is 0 Å². The monoisotopic (exact) mass is 226 g/mol. The van der Waals surface area contributed by atoms with E-state index in [2.05, 4.69) is 17.9 Å². The summed E-state index contributed by atoms with van der Waals surface area (Å²) in [4.78, 5) is 2.43. The van der Waals surface area contributed by atoms with Gasteiger partial charge in [-0.05, 0) is 30.5 Å². The molecular weight excluding hydrogens is 208 g/mol. The number of nitrogens with zero attached hydrogens (tertiary/aromatic N) is 2. The molecule has 1 aliphatic rings. The van der Waals surface area contributed by atoms with Crippen LogP contribution in [0.4, 0.5) is 0 Å². The Morgan fingerprint density at radius 2 is 1.88 bits per heavy atom. The van der Waals surface area contributed by atoms with Crippen molar-refractivity contribution in [3.05, 3.63) is 41.5 Å². The summed E-state index contributed by atoms with van der Waals surface area (Å²) in [6.07, 6.45) is 2.07. The minimum Gasteiger partial charge on any atom is -0.303 e. The van der Waals surface area contributed by atoms with Crippen molar-refractivity contribution in [3.63, 3.8) is 0 Å². The summed E-state index contributed by atoms with van der Waals surface area (Å²) in [7, 11) is 0. The molecule has 1 aliphatic heterocycles. The first kappa shape index (κ1) is 11.9. The van der Waals surface area contributed by atoms with Gasteiger partial charge in [-0.25, -0.2) is 0 Å². The number of piperidine rings is 1. The zero-order valence-electron chi connectivity index (χ0n) is 10.3. The molecule has 0 saturated carbocycles. The van der Waals surface area contributed by atoms with Gasteiger partial charge in [-0.2, -0.15) is 5.26 Å². The van der Waals surface area contributed by atoms with Crippen molar-refractivity contribution in [1.29, 1.82) is 5.26 Å². The van der Waals surface area contributed by atoms with Gasteiger partial charge in [0.05, 0.1) is 11.6 Å². The van der Waals surface area contributed by atoms with Gasteiger partial charge in [-0.1, -0.05) is 37.3 Å². The van der Waals surface area contributed by atoms with E-state index in [1.807, 2.05) is 30.3 Å². The van der Waals surface area contributed by atoms with Crippen molar-refractivity contribution < 1.29 is 0 Å². The highest BCUT2D eigenvalue weighted by Gasteiger charge is 2.16. The van der Waals surface area contributed by atoms with Gasteiger partial charge in [0, 0.05) is 13.1 Å². The third-order valence-corrected chi connectivity index (χ3v) is 3.43. The largest absolute Gasteiger partial charge is 0.303 e. The molecule has 2 heteroatoms. The molecule has 1 saturated heterocycles. The summed E-state index contributed by atoms with van der Waals surface area (Å²) >= 11 is 0. The summed E-state index contributed by atoms with van der Waals surface area (Å²) in [6.45, 7) is 5.48. The second kappa shape index (κ2) is 5.65. The molecule has 0 aromatic heterocycles. The van der Waals surface area contributed by atoms with Crippen molar-refractivity contribution >= 4 is 5.57 Å². The molecule has 0 amide bonds. The van der Waals surface area contributed by atoms with Crippen LogP contribution in [0.25, 0.3) is 5.57 Å². The molecule has 1 heterocycles. The molecule has 0 aliphatic carbocycles. The van der Waals surface area contributed by atoms with Crippen LogP contribution >= 0.6 is 0 Å². The minimum absolute atomic E-state index is 0.890. The van der Waals surface area contributed by atoms with Crippen molar-refractivity contribution in [2.24, 2.45) is 0 Å². The highest BCUT2D eigenvalue weighted by molar-refractivity contribution is 5.79. The van der Waals surface area contributed by atoms with Gasteiger partial charge in [-0.3, -0.25) is 0 Å². The fraction of sp³-hybridized carbons (Fsp3) is 0.400. The third kappa shape index (κ3) is 2.75. The Kier molecular flexibility index (Phi) is 3.95. The molecule has 1 fully saturated rings. The average Bonchev–Trinajstić information content (AvgIpc) is 2.42. The van der Waals surface area contributed by atoms with Crippen LogP contribution in [0, 0.1) is 11.3 Å². The molecule has 1 aromatic rings. The van der Waals surface area contributed by atoms with Crippen LogP contribution in [0.5, 0.6) is 0 Å².